The molecule has 27 heavy (non-hydrogen) atoms. The maximum absolute atomic E-state index is 12.9. The van der Waals surface area contributed by atoms with Gasteiger partial charge in [0.2, 0.25) is 5.91 Å². The molecule has 0 N–H and O–H groups in total. The van der Waals surface area contributed by atoms with Gasteiger partial charge in [0.25, 0.3) is 5.91 Å². The summed E-state index contributed by atoms with van der Waals surface area (Å²) in [5.41, 5.74) is 2.19. The van der Waals surface area contributed by atoms with Gasteiger partial charge in [0.15, 0.2) is 11.5 Å². The molecular weight excluding hydrogens is 344 g/mol. The van der Waals surface area contributed by atoms with Crippen LogP contribution in [0.3, 0.4) is 0 Å². The molecule has 2 amide bonds. The van der Waals surface area contributed by atoms with E-state index in [1.165, 1.54) is 0 Å². The predicted octanol–water partition coefficient (Wildman–Crippen LogP) is 3.10. The Bertz CT molecular complexity index is 850. The van der Waals surface area contributed by atoms with E-state index in [-0.39, 0.29) is 11.8 Å². The fraction of sp³-hybridized carbons (Fsp3) is 0.333. The molecule has 0 unspecified atom stereocenters. The van der Waals surface area contributed by atoms with Gasteiger partial charge in [-0.2, -0.15) is 0 Å². The van der Waals surface area contributed by atoms with Crippen LogP contribution in [0.5, 0.6) is 11.5 Å². The summed E-state index contributed by atoms with van der Waals surface area (Å²) in [7, 11) is 4.91. The minimum absolute atomic E-state index is 0.106. The van der Waals surface area contributed by atoms with Gasteiger partial charge in [-0.1, -0.05) is 18.2 Å². The van der Waals surface area contributed by atoms with Crippen LogP contribution < -0.4 is 14.4 Å². The lowest BCUT2D eigenvalue weighted by Crippen LogP contribution is -2.27. The SMILES string of the molecule is COc1cccc(CN(C)C(=O)c2cccc(N3CCCC3=O)c2)c1OC. The first-order valence-corrected chi connectivity index (χ1v) is 8.91. The molecule has 1 saturated heterocycles. The summed E-state index contributed by atoms with van der Waals surface area (Å²) in [5.74, 6) is 1.24. The van der Waals surface area contributed by atoms with Crippen molar-refractivity contribution in [2.24, 2.45) is 0 Å². The van der Waals surface area contributed by atoms with E-state index < -0.39 is 0 Å². The third-order valence-corrected chi connectivity index (χ3v) is 4.72. The second-order valence-electron chi connectivity index (χ2n) is 6.51. The van der Waals surface area contributed by atoms with E-state index in [0.29, 0.717) is 36.6 Å². The van der Waals surface area contributed by atoms with Crippen molar-refractivity contribution >= 4 is 17.5 Å². The van der Waals surface area contributed by atoms with Gasteiger partial charge >= 0.3 is 0 Å². The first-order chi connectivity index (χ1) is 13.0. The van der Waals surface area contributed by atoms with E-state index in [0.717, 1.165) is 17.7 Å². The van der Waals surface area contributed by atoms with Crippen molar-refractivity contribution < 1.29 is 19.1 Å². The van der Waals surface area contributed by atoms with Crippen LogP contribution in [0.25, 0.3) is 0 Å². The van der Waals surface area contributed by atoms with Gasteiger partial charge in [-0.15, -0.1) is 0 Å². The molecule has 1 fully saturated rings. The second kappa shape index (κ2) is 8.12. The fourth-order valence-corrected chi connectivity index (χ4v) is 3.35. The highest BCUT2D eigenvalue weighted by Gasteiger charge is 2.23. The number of ether oxygens (including phenoxy) is 2. The molecule has 142 valence electrons. The summed E-state index contributed by atoms with van der Waals surface area (Å²) in [6.45, 7) is 1.08. The van der Waals surface area contributed by atoms with E-state index >= 15 is 0 Å². The Labute approximate surface area is 159 Å². The first-order valence-electron chi connectivity index (χ1n) is 8.91. The van der Waals surface area contributed by atoms with Crippen molar-refractivity contribution in [1.82, 2.24) is 4.90 Å². The van der Waals surface area contributed by atoms with E-state index in [1.807, 2.05) is 30.3 Å². The topological polar surface area (TPSA) is 59.1 Å². The van der Waals surface area contributed by atoms with E-state index in [4.69, 9.17) is 9.47 Å². The molecule has 2 aromatic carbocycles. The van der Waals surface area contributed by atoms with Crippen LogP contribution in [0.2, 0.25) is 0 Å². The maximum atomic E-state index is 12.9. The summed E-state index contributed by atoms with van der Waals surface area (Å²) in [5, 5.41) is 0. The fourth-order valence-electron chi connectivity index (χ4n) is 3.35. The Morgan fingerprint density at radius 3 is 2.59 bits per heavy atom. The average Bonchev–Trinajstić information content (AvgIpc) is 3.13. The number of amides is 2. The van der Waals surface area contributed by atoms with Crippen molar-refractivity contribution in [3.8, 4) is 11.5 Å². The number of carbonyl (C=O) groups is 2. The Morgan fingerprint density at radius 2 is 1.93 bits per heavy atom. The molecule has 0 saturated carbocycles. The van der Waals surface area contributed by atoms with Crippen LogP contribution in [0, 0.1) is 0 Å². The number of hydrogen-bond donors (Lipinski definition) is 0. The van der Waals surface area contributed by atoms with Crippen LogP contribution in [-0.4, -0.2) is 44.5 Å². The van der Waals surface area contributed by atoms with Gasteiger partial charge in [0.1, 0.15) is 0 Å². The molecule has 3 rings (SSSR count). The molecule has 2 aromatic rings. The zero-order valence-corrected chi connectivity index (χ0v) is 15.9. The quantitative estimate of drug-likeness (QED) is 0.786. The molecular formula is C21H24N2O4. The number of rotatable bonds is 6. The molecule has 0 aliphatic carbocycles. The number of anilines is 1. The van der Waals surface area contributed by atoms with Gasteiger partial charge in [0, 0.05) is 43.4 Å². The smallest absolute Gasteiger partial charge is 0.253 e. The van der Waals surface area contributed by atoms with Crippen LogP contribution in [0.15, 0.2) is 42.5 Å². The lowest BCUT2D eigenvalue weighted by Gasteiger charge is -2.21. The van der Waals surface area contributed by atoms with Crippen molar-refractivity contribution in [3.05, 3.63) is 53.6 Å². The monoisotopic (exact) mass is 368 g/mol. The Morgan fingerprint density at radius 1 is 1.15 bits per heavy atom. The number of benzene rings is 2. The molecule has 0 radical (unpaired) electrons. The van der Waals surface area contributed by atoms with Crippen LogP contribution in [0.4, 0.5) is 5.69 Å². The van der Waals surface area contributed by atoms with Gasteiger partial charge < -0.3 is 19.3 Å². The lowest BCUT2D eigenvalue weighted by molar-refractivity contribution is -0.117. The molecule has 1 heterocycles. The normalized spacial score (nSPS) is 13.6. The highest BCUT2D eigenvalue weighted by molar-refractivity contribution is 5.99. The summed E-state index contributed by atoms with van der Waals surface area (Å²) in [6.07, 6.45) is 1.42. The minimum Gasteiger partial charge on any atom is -0.493 e. The lowest BCUT2D eigenvalue weighted by atomic mass is 10.1. The predicted molar refractivity (Wildman–Crippen MR) is 103 cm³/mol. The highest BCUT2D eigenvalue weighted by atomic mass is 16.5. The largest absolute Gasteiger partial charge is 0.493 e. The number of methoxy groups -OCH3 is 2. The van der Waals surface area contributed by atoms with Gasteiger partial charge in [-0.3, -0.25) is 9.59 Å². The first kappa shape index (κ1) is 18.8. The minimum atomic E-state index is -0.117. The summed E-state index contributed by atoms with van der Waals surface area (Å²) < 4.78 is 10.8. The van der Waals surface area contributed by atoms with Gasteiger partial charge in [0.05, 0.1) is 14.2 Å². The molecule has 0 spiro atoms. The van der Waals surface area contributed by atoms with Gasteiger partial charge in [-0.05, 0) is 30.7 Å². The number of para-hydroxylation sites is 1. The van der Waals surface area contributed by atoms with Gasteiger partial charge in [-0.25, -0.2) is 0 Å². The third-order valence-electron chi connectivity index (χ3n) is 4.72. The van der Waals surface area contributed by atoms with Crippen LogP contribution >= 0.6 is 0 Å². The summed E-state index contributed by atoms with van der Waals surface area (Å²) >= 11 is 0. The van der Waals surface area contributed by atoms with Crippen molar-refractivity contribution in [3.63, 3.8) is 0 Å². The molecule has 0 bridgehead atoms. The zero-order chi connectivity index (χ0) is 19.4. The van der Waals surface area contributed by atoms with E-state index in [2.05, 4.69) is 0 Å². The molecule has 0 aromatic heterocycles. The highest BCUT2D eigenvalue weighted by Crippen LogP contribution is 2.31. The Hall–Kier alpha value is -3.02. The molecule has 1 aliphatic heterocycles. The van der Waals surface area contributed by atoms with E-state index in [9.17, 15) is 9.59 Å². The Kier molecular flexibility index (Phi) is 5.64. The molecule has 6 nitrogen and oxygen atoms in total. The number of carbonyl (C=O) groups excluding carboxylic acids is 2. The molecule has 6 heteroatoms. The standard InChI is InChI=1S/C21H24N2O4/c1-22(14-16-8-5-10-18(26-2)20(16)27-3)21(25)15-7-4-9-17(13-15)23-12-6-11-19(23)24/h4-5,7-10,13H,6,11-12,14H2,1-3H3. The third kappa shape index (κ3) is 3.89. The van der Waals surface area contributed by atoms with Crippen molar-refractivity contribution in [2.75, 3.05) is 32.7 Å². The average molecular weight is 368 g/mol. The van der Waals surface area contributed by atoms with Crippen molar-refractivity contribution in [1.29, 1.82) is 0 Å². The summed E-state index contributed by atoms with van der Waals surface area (Å²) in [4.78, 5) is 28.2. The van der Waals surface area contributed by atoms with Crippen LogP contribution in [-0.2, 0) is 11.3 Å². The number of nitrogens with zero attached hydrogens (tertiary/aromatic N) is 2. The maximum Gasteiger partial charge on any atom is 0.253 e. The number of hydrogen-bond acceptors (Lipinski definition) is 4. The van der Waals surface area contributed by atoms with Crippen molar-refractivity contribution in [2.45, 2.75) is 19.4 Å². The molecule has 0 atom stereocenters. The second-order valence-corrected chi connectivity index (χ2v) is 6.51. The summed E-state index contributed by atoms with van der Waals surface area (Å²) in [6, 6.07) is 12.8. The zero-order valence-electron chi connectivity index (χ0n) is 15.9. The molecule has 1 aliphatic rings. The van der Waals surface area contributed by atoms with E-state index in [1.54, 1.807) is 43.2 Å². The Balaban J connectivity index is 1.79. The van der Waals surface area contributed by atoms with Crippen LogP contribution in [0.1, 0.15) is 28.8 Å².